The summed E-state index contributed by atoms with van der Waals surface area (Å²) < 4.78 is 2.08. The van der Waals surface area contributed by atoms with E-state index in [1.165, 1.54) is 0 Å². The molecule has 4 rings (SSSR count). The lowest BCUT2D eigenvalue weighted by atomic mass is 9.92. The lowest BCUT2D eigenvalue weighted by Crippen LogP contribution is -2.29. The minimum absolute atomic E-state index is 0.220. The van der Waals surface area contributed by atoms with E-state index in [1.807, 2.05) is 42.6 Å². The maximum atomic E-state index is 11.9. The third-order valence-corrected chi connectivity index (χ3v) is 5.33. The Hall–Kier alpha value is -3.12. The highest BCUT2D eigenvalue weighted by Gasteiger charge is 2.21. The zero-order valence-electron chi connectivity index (χ0n) is 15.6. The van der Waals surface area contributed by atoms with Crippen molar-refractivity contribution in [1.82, 2.24) is 9.55 Å². The predicted octanol–water partition coefficient (Wildman–Crippen LogP) is 3.35. The molecule has 0 aliphatic heterocycles. The average molecular weight is 376 g/mol. The molecule has 1 aromatic carbocycles. The van der Waals surface area contributed by atoms with E-state index < -0.39 is 5.91 Å². The summed E-state index contributed by atoms with van der Waals surface area (Å²) in [6, 6.07) is 13.8. The number of nitrogens with zero attached hydrogens (tertiary/aromatic N) is 2. The fraction of sp³-hybridized carbons (Fsp3) is 0.273. The maximum Gasteiger partial charge on any atom is 0.250 e. The zero-order valence-corrected chi connectivity index (χ0v) is 15.6. The second-order valence-corrected chi connectivity index (χ2v) is 7.24. The van der Waals surface area contributed by atoms with Crippen LogP contribution in [0.3, 0.4) is 0 Å². The summed E-state index contributed by atoms with van der Waals surface area (Å²) in [5.74, 6) is -0.452. The van der Waals surface area contributed by atoms with Crippen molar-refractivity contribution in [1.29, 1.82) is 0 Å². The molecular formula is C22H24N4O2. The molecular weight excluding hydrogens is 352 g/mol. The summed E-state index contributed by atoms with van der Waals surface area (Å²) in [5, 5.41) is 13.2. The number of carbonyl (C=O) groups is 1. The maximum absolute atomic E-state index is 11.9. The lowest BCUT2D eigenvalue weighted by molar-refractivity contribution is 0.100. The summed E-state index contributed by atoms with van der Waals surface area (Å²) in [6.07, 6.45) is 8.60. The molecule has 1 aliphatic carbocycles. The van der Waals surface area contributed by atoms with Crippen molar-refractivity contribution in [2.45, 2.75) is 37.8 Å². The summed E-state index contributed by atoms with van der Waals surface area (Å²) >= 11 is 0. The number of benzene rings is 1. The van der Waals surface area contributed by atoms with Gasteiger partial charge in [-0.05, 0) is 68.1 Å². The molecule has 0 radical (unpaired) electrons. The van der Waals surface area contributed by atoms with E-state index in [4.69, 9.17) is 5.73 Å². The van der Waals surface area contributed by atoms with Crippen molar-refractivity contribution >= 4 is 11.6 Å². The number of primary amides is 1. The molecule has 0 unspecified atom stereocenters. The molecule has 0 spiro atoms. The van der Waals surface area contributed by atoms with E-state index in [1.54, 1.807) is 18.5 Å². The van der Waals surface area contributed by atoms with Gasteiger partial charge in [-0.2, -0.15) is 0 Å². The number of nitrogens with two attached hydrogens (primary N) is 1. The second-order valence-electron chi connectivity index (χ2n) is 7.24. The van der Waals surface area contributed by atoms with Gasteiger partial charge in [0.15, 0.2) is 0 Å². The predicted molar refractivity (Wildman–Crippen MR) is 109 cm³/mol. The summed E-state index contributed by atoms with van der Waals surface area (Å²) in [6.45, 7) is 0. The molecule has 1 aliphatic rings. The molecule has 2 aromatic heterocycles. The van der Waals surface area contributed by atoms with Crippen molar-refractivity contribution in [2.24, 2.45) is 5.73 Å². The number of amides is 1. The van der Waals surface area contributed by atoms with Crippen molar-refractivity contribution < 1.29 is 9.90 Å². The van der Waals surface area contributed by atoms with Crippen LogP contribution in [-0.4, -0.2) is 32.7 Å². The molecule has 0 bridgehead atoms. The number of anilines is 1. The molecule has 144 valence electrons. The number of carbonyl (C=O) groups excluding carboxylic acids is 1. The number of pyridine rings is 1. The van der Waals surface area contributed by atoms with Crippen molar-refractivity contribution in [3.8, 4) is 16.9 Å². The molecule has 1 fully saturated rings. The first-order chi connectivity index (χ1) is 13.6. The van der Waals surface area contributed by atoms with E-state index in [0.29, 0.717) is 5.56 Å². The quantitative estimate of drug-likeness (QED) is 0.637. The Bertz CT molecular complexity index is 960. The Labute approximate surface area is 164 Å². The van der Waals surface area contributed by atoms with Crippen LogP contribution in [0.15, 0.2) is 61.1 Å². The van der Waals surface area contributed by atoms with Crippen molar-refractivity contribution in [3.63, 3.8) is 0 Å². The average Bonchev–Trinajstić information content (AvgIpc) is 3.20. The standard InChI is InChI=1S/C22H24N4O2/c23-22(28)19-8-5-17(14-20(19)25-16-3-6-18(27)7-4-16)26-13-1-2-21(26)15-9-11-24-12-10-15/h1-2,5,8-14,16,18,25,27H,3-4,6-7H2,(H2,23,28). The Morgan fingerprint density at radius 1 is 1.11 bits per heavy atom. The molecule has 3 aromatic rings. The van der Waals surface area contributed by atoms with Gasteiger partial charge in [0.1, 0.15) is 0 Å². The third-order valence-electron chi connectivity index (χ3n) is 5.33. The second kappa shape index (κ2) is 7.86. The number of rotatable bonds is 5. The number of aromatic nitrogens is 2. The van der Waals surface area contributed by atoms with Crippen molar-refractivity contribution in [3.05, 3.63) is 66.6 Å². The lowest BCUT2D eigenvalue weighted by Gasteiger charge is -2.28. The third kappa shape index (κ3) is 3.77. The molecule has 1 amide bonds. The topological polar surface area (TPSA) is 93.2 Å². The van der Waals surface area contributed by atoms with Crippen LogP contribution in [0.2, 0.25) is 0 Å². The number of nitrogens with one attached hydrogen (secondary N) is 1. The highest BCUT2D eigenvalue weighted by atomic mass is 16.3. The molecule has 0 saturated heterocycles. The monoisotopic (exact) mass is 376 g/mol. The molecule has 2 heterocycles. The largest absolute Gasteiger partial charge is 0.393 e. The zero-order chi connectivity index (χ0) is 19.5. The normalized spacial score (nSPS) is 19.3. The molecule has 0 atom stereocenters. The SMILES string of the molecule is NC(=O)c1ccc(-n2cccc2-c2ccncc2)cc1NC1CCC(O)CC1. The minimum Gasteiger partial charge on any atom is -0.393 e. The van der Waals surface area contributed by atoms with Gasteiger partial charge < -0.3 is 20.7 Å². The molecule has 4 N–H and O–H groups in total. The number of aliphatic hydroxyl groups is 1. The molecule has 28 heavy (non-hydrogen) atoms. The van der Waals surface area contributed by atoms with Gasteiger partial charge in [0, 0.05) is 41.6 Å². The minimum atomic E-state index is -0.452. The first-order valence-corrected chi connectivity index (χ1v) is 9.58. The van der Waals surface area contributed by atoms with Crippen LogP contribution in [0.4, 0.5) is 5.69 Å². The van der Waals surface area contributed by atoms with Crippen molar-refractivity contribution in [2.75, 3.05) is 5.32 Å². The summed E-state index contributed by atoms with van der Waals surface area (Å²) in [5.41, 5.74) is 9.87. The molecule has 6 heteroatoms. The number of hydrogen-bond acceptors (Lipinski definition) is 4. The van der Waals surface area contributed by atoms with Gasteiger partial charge in [0.25, 0.3) is 5.91 Å². The number of hydrogen-bond donors (Lipinski definition) is 3. The van der Waals surface area contributed by atoms with Gasteiger partial charge in [-0.25, -0.2) is 0 Å². The number of aliphatic hydroxyl groups excluding tert-OH is 1. The Kier molecular flexibility index (Phi) is 5.12. The molecule has 6 nitrogen and oxygen atoms in total. The van der Waals surface area contributed by atoms with Gasteiger partial charge in [-0.1, -0.05) is 0 Å². The summed E-state index contributed by atoms with van der Waals surface area (Å²) in [7, 11) is 0. The van der Waals surface area contributed by atoms with Crippen LogP contribution >= 0.6 is 0 Å². The van der Waals surface area contributed by atoms with E-state index in [0.717, 1.165) is 48.3 Å². The summed E-state index contributed by atoms with van der Waals surface area (Å²) in [4.78, 5) is 16.0. The first-order valence-electron chi connectivity index (χ1n) is 9.58. The smallest absolute Gasteiger partial charge is 0.250 e. The van der Waals surface area contributed by atoms with E-state index in [-0.39, 0.29) is 12.1 Å². The van der Waals surface area contributed by atoms with Crippen LogP contribution < -0.4 is 11.1 Å². The van der Waals surface area contributed by atoms with Gasteiger partial charge in [0.05, 0.1) is 17.4 Å². The van der Waals surface area contributed by atoms with Crippen LogP contribution in [0.1, 0.15) is 36.0 Å². The first kappa shape index (κ1) is 18.3. The highest BCUT2D eigenvalue weighted by Crippen LogP contribution is 2.29. The highest BCUT2D eigenvalue weighted by molar-refractivity contribution is 5.99. The van der Waals surface area contributed by atoms with E-state index >= 15 is 0 Å². The van der Waals surface area contributed by atoms with E-state index in [9.17, 15) is 9.90 Å². The van der Waals surface area contributed by atoms with E-state index in [2.05, 4.69) is 14.9 Å². The fourth-order valence-electron chi connectivity index (χ4n) is 3.82. The Balaban J connectivity index is 1.68. The Morgan fingerprint density at radius 3 is 2.57 bits per heavy atom. The molecule has 1 saturated carbocycles. The van der Waals surface area contributed by atoms with Crippen LogP contribution in [0.25, 0.3) is 16.9 Å². The fourth-order valence-corrected chi connectivity index (χ4v) is 3.82. The van der Waals surface area contributed by atoms with Gasteiger partial charge in [0.2, 0.25) is 0 Å². The van der Waals surface area contributed by atoms with Gasteiger partial charge in [-0.15, -0.1) is 0 Å². The van der Waals surface area contributed by atoms with Crippen LogP contribution in [0, 0.1) is 0 Å². The Morgan fingerprint density at radius 2 is 1.86 bits per heavy atom. The van der Waals surface area contributed by atoms with Gasteiger partial charge in [-0.3, -0.25) is 9.78 Å². The van der Waals surface area contributed by atoms with Crippen LogP contribution in [-0.2, 0) is 0 Å². The van der Waals surface area contributed by atoms with Crippen LogP contribution in [0.5, 0.6) is 0 Å². The van der Waals surface area contributed by atoms with Gasteiger partial charge >= 0.3 is 0 Å².